The summed E-state index contributed by atoms with van der Waals surface area (Å²) in [5.74, 6) is -0.740. The molecule has 33 heavy (non-hydrogen) atoms. The van der Waals surface area contributed by atoms with Gasteiger partial charge in [-0.2, -0.15) is 10.2 Å². The smallest absolute Gasteiger partial charge is 0.356 e. The monoisotopic (exact) mass is 492 g/mol. The predicted octanol–water partition coefficient (Wildman–Crippen LogP) is 4.67. The van der Waals surface area contributed by atoms with Crippen LogP contribution in [0.5, 0.6) is 0 Å². The van der Waals surface area contributed by atoms with Crippen LogP contribution in [0, 0.1) is 0 Å². The van der Waals surface area contributed by atoms with Gasteiger partial charge in [-0.1, -0.05) is 39.3 Å². The Hall–Kier alpha value is -1.76. The summed E-state index contributed by atoms with van der Waals surface area (Å²) < 4.78 is 15.3. The van der Waals surface area contributed by atoms with Crippen molar-refractivity contribution in [2.75, 3.05) is 13.2 Å². The number of hydrogen-bond acceptors (Lipinski definition) is 5. The minimum absolute atomic E-state index is 0.158. The molecule has 0 spiro atoms. The van der Waals surface area contributed by atoms with Gasteiger partial charge in [0.25, 0.3) is 0 Å². The summed E-state index contributed by atoms with van der Waals surface area (Å²) in [6, 6.07) is 2.21. The van der Waals surface area contributed by atoms with E-state index in [9.17, 15) is 9.90 Å². The number of rotatable bonds is 12. The van der Waals surface area contributed by atoms with E-state index in [0.717, 1.165) is 48.4 Å². The Morgan fingerprint density at radius 3 is 2.33 bits per heavy atom. The number of carboxylic acids is 1. The van der Waals surface area contributed by atoms with E-state index in [-0.39, 0.29) is 11.6 Å². The SMILES string of the molecule is C[Si](C)(C)CCOCn1cc(C2CCc3c(c(C(=O)O)nn3COCC[Si](C)(C)C)C2)cn1. The van der Waals surface area contributed by atoms with Gasteiger partial charge < -0.3 is 14.6 Å². The van der Waals surface area contributed by atoms with Crippen molar-refractivity contribution in [2.45, 2.75) is 90.0 Å². The summed E-state index contributed by atoms with van der Waals surface area (Å²) in [5.41, 5.74) is 3.13. The van der Waals surface area contributed by atoms with Crippen LogP contribution in [0.15, 0.2) is 12.4 Å². The van der Waals surface area contributed by atoms with E-state index >= 15 is 0 Å². The van der Waals surface area contributed by atoms with E-state index in [1.54, 1.807) is 4.68 Å². The molecule has 0 aliphatic heterocycles. The van der Waals surface area contributed by atoms with Gasteiger partial charge >= 0.3 is 5.97 Å². The number of carboxylic acid groups (broad SMARTS) is 1. The third-order valence-corrected chi connectivity index (χ3v) is 9.51. The van der Waals surface area contributed by atoms with E-state index in [0.29, 0.717) is 26.5 Å². The van der Waals surface area contributed by atoms with Crippen LogP contribution >= 0.6 is 0 Å². The standard InChI is InChI=1S/C23H40N4O4Si2/c1-32(2,3)11-9-30-16-26-15-19(14-24-26)18-7-8-21-20(13-18)22(23(28)29)25-27(21)17-31-10-12-33(4,5)6/h14-15,18H,7-13,16-17H2,1-6H3,(H,28,29). The molecule has 0 aromatic carbocycles. The van der Waals surface area contributed by atoms with Crippen LogP contribution in [0.1, 0.15) is 39.6 Å². The first-order chi connectivity index (χ1) is 15.4. The highest BCUT2D eigenvalue weighted by Gasteiger charge is 2.30. The summed E-state index contributed by atoms with van der Waals surface area (Å²) in [7, 11) is -2.27. The van der Waals surface area contributed by atoms with Gasteiger partial charge in [-0.25, -0.2) is 14.2 Å². The number of nitrogens with zero attached hydrogens (tertiary/aromatic N) is 4. The molecule has 1 N–H and O–H groups in total. The van der Waals surface area contributed by atoms with Gasteiger partial charge in [0.2, 0.25) is 0 Å². The molecule has 2 aromatic heterocycles. The highest BCUT2D eigenvalue weighted by Crippen LogP contribution is 2.34. The summed E-state index contributed by atoms with van der Waals surface area (Å²) in [6.45, 7) is 16.2. The maximum atomic E-state index is 11.9. The van der Waals surface area contributed by atoms with Gasteiger partial charge in [0.05, 0.1) is 6.20 Å². The lowest BCUT2D eigenvalue weighted by Gasteiger charge is -2.22. The van der Waals surface area contributed by atoms with Crippen molar-refractivity contribution in [3.8, 4) is 0 Å². The summed E-state index contributed by atoms with van der Waals surface area (Å²) in [5, 5.41) is 18.6. The molecule has 0 amide bonds. The number of hydrogen-bond donors (Lipinski definition) is 1. The van der Waals surface area contributed by atoms with Crippen molar-refractivity contribution < 1.29 is 19.4 Å². The molecule has 1 unspecified atom stereocenters. The molecule has 2 heterocycles. The molecular weight excluding hydrogens is 452 g/mol. The lowest BCUT2D eigenvalue weighted by molar-refractivity contribution is 0.0668. The maximum Gasteiger partial charge on any atom is 0.356 e. The molecule has 1 aliphatic carbocycles. The van der Waals surface area contributed by atoms with E-state index in [1.807, 2.05) is 17.1 Å². The first kappa shape index (κ1) is 25.9. The van der Waals surface area contributed by atoms with Gasteiger partial charge in [-0.15, -0.1) is 0 Å². The Kier molecular flexibility index (Phi) is 8.36. The third-order valence-electron chi connectivity index (χ3n) is 6.10. The minimum atomic E-state index is -1.16. The number of carbonyl (C=O) groups is 1. The molecule has 8 nitrogen and oxygen atoms in total. The molecule has 1 aliphatic rings. The Morgan fingerprint density at radius 1 is 1.09 bits per heavy atom. The van der Waals surface area contributed by atoms with Crippen molar-refractivity contribution in [3.63, 3.8) is 0 Å². The van der Waals surface area contributed by atoms with Crippen LogP contribution in [0.3, 0.4) is 0 Å². The fourth-order valence-electron chi connectivity index (χ4n) is 3.98. The minimum Gasteiger partial charge on any atom is -0.476 e. The number of aromatic carboxylic acids is 1. The fraction of sp³-hybridized carbons (Fsp3) is 0.696. The zero-order chi connectivity index (χ0) is 24.2. The predicted molar refractivity (Wildman–Crippen MR) is 134 cm³/mol. The lowest BCUT2D eigenvalue weighted by atomic mass is 9.83. The molecule has 2 aromatic rings. The summed E-state index contributed by atoms with van der Waals surface area (Å²) in [6.07, 6.45) is 6.31. The van der Waals surface area contributed by atoms with Crippen LogP contribution in [-0.2, 0) is 35.8 Å². The molecule has 0 bridgehead atoms. The van der Waals surface area contributed by atoms with Gasteiger partial charge in [0.1, 0.15) is 13.5 Å². The second-order valence-corrected chi connectivity index (χ2v) is 22.8. The molecule has 0 radical (unpaired) electrons. The lowest BCUT2D eigenvalue weighted by Crippen LogP contribution is -2.22. The number of ether oxygens (including phenoxy) is 2. The average Bonchev–Trinajstić information content (AvgIpc) is 3.32. The quantitative estimate of drug-likeness (QED) is 0.342. The zero-order valence-electron chi connectivity index (χ0n) is 21.1. The Labute approximate surface area is 199 Å². The van der Waals surface area contributed by atoms with Crippen LogP contribution in [0.4, 0.5) is 0 Å². The van der Waals surface area contributed by atoms with Crippen LogP contribution in [-0.4, -0.2) is 60.0 Å². The van der Waals surface area contributed by atoms with E-state index in [4.69, 9.17) is 9.47 Å². The number of fused-ring (bicyclic) bond motifs is 1. The van der Waals surface area contributed by atoms with Gasteiger partial charge in [-0.3, -0.25) is 0 Å². The van der Waals surface area contributed by atoms with Crippen molar-refractivity contribution in [1.29, 1.82) is 0 Å². The molecule has 1 atom stereocenters. The van der Waals surface area contributed by atoms with E-state index < -0.39 is 22.1 Å². The second-order valence-electron chi connectivity index (χ2n) is 11.5. The molecule has 0 saturated heterocycles. The van der Waals surface area contributed by atoms with Crippen LogP contribution < -0.4 is 0 Å². The van der Waals surface area contributed by atoms with Crippen molar-refractivity contribution >= 4 is 22.1 Å². The Morgan fingerprint density at radius 2 is 1.73 bits per heavy atom. The van der Waals surface area contributed by atoms with E-state index in [1.165, 1.54) is 0 Å². The van der Waals surface area contributed by atoms with Gasteiger partial charge in [0.15, 0.2) is 5.69 Å². The highest BCUT2D eigenvalue weighted by molar-refractivity contribution is 6.76. The second kappa shape index (κ2) is 10.7. The van der Waals surface area contributed by atoms with Crippen molar-refractivity contribution in [3.05, 3.63) is 34.9 Å². The number of aromatic nitrogens is 4. The first-order valence-corrected chi connectivity index (χ1v) is 19.3. The van der Waals surface area contributed by atoms with Gasteiger partial charge in [-0.05, 0) is 42.8 Å². The largest absolute Gasteiger partial charge is 0.476 e. The highest BCUT2D eigenvalue weighted by atomic mass is 28.3. The molecule has 0 saturated carbocycles. The molecular formula is C23H40N4O4Si2. The molecule has 184 valence electrons. The summed E-state index contributed by atoms with van der Waals surface area (Å²) >= 11 is 0. The topological polar surface area (TPSA) is 91.4 Å². The normalized spacial score (nSPS) is 16.7. The molecule has 3 rings (SSSR count). The first-order valence-electron chi connectivity index (χ1n) is 11.9. The van der Waals surface area contributed by atoms with Crippen molar-refractivity contribution in [2.24, 2.45) is 0 Å². The third kappa shape index (κ3) is 7.63. The molecule has 0 fully saturated rings. The summed E-state index contributed by atoms with van der Waals surface area (Å²) in [4.78, 5) is 11.9. The van der Waals surface area contributed by atoms with E-state index in [2.05, 4.69) is 49.5 Å². The molecule has 10 heteroatoms. The van der Waals surface area contributed by atoms with Crippen molar-refractivity contribution in [1.82, 2.24) is 19.6 Å². The Bertz CT molecular complexity index is 943. The fourth-order valence-corrected chi connectivity index (χ4v) is 5.49. The van der Waals surface area contributed by atoms with Crippen LogP contribution in [0.25, 0.3) is 0 Å². The zero-order valence-corrected chi connectivity index (χ0v) is 23.1. The van der Waals surface area contributed by atoms with Gasteiger partial charge in [0, 0.05) is 46.8 Å². The van der Waals surface area contributed by atoms with Crippen LogP contribution in [0.2, 0.25) is 51.4 Å². The average molecular weight is 493 g/mol. The Balaban J connectivity index is 1.62. The maximum absolute atomic E-state index is 11.9.